The summed E-state index contributed by atoms with van der Waals surface area (Å²) in [5.74, 6) is 0.934. The van der Waals surface area contributed by atoms with E-state index < -0.39 is 0 Å². The number of pyridine rings is 1. The van der Waals surface area contributed by atoms with Crippen LogP contribution in [0.3, 0.4) is 0 Å². The van der Waals surface area contributed by atoms with Crippen LogP contribution in [0.4, 0.5) is 11.5 Å². The van der Waals surface area contributed by atoms with Crippen molar-refractivity contribution in [1.29, 1.82) is 0 Å². The van der Waals surface area contributed by atoms with Crippen LogP contribution in [0.2, 0.25) is 0 Å². The molecule has 1 fully saturated rings. The third-order valence-corrected chi connectivity index (χ3v) is 3.62. The minimum atomic E-state index is -0.206. The van der Waals surface area contributed by atoms with E-state index in [1.54, 1.807) is 36.4 Å². The van der Waals surface area contributed by atoms with Gasteiger partial charge in [-0.1, -0.05) is 0 Å². The molecule has 1 saturated heterocycles. The first-order valence-corrected chi connectivity index (χ1v) is 7.58. The number of aromatic nitrogens is 1. The largest absolute Gasteiger partial charge is 0.491 e. The second-order valence-electron chi connectivity index (χ2n) is 5.40. The van der Waals surface area contributed by atoms with Gasteiger partial charge < -0.3 is 20.5 Å². The average molecular weight is 350 g/mol. The molecule has 3 N–H and O–H groups in total. The molecule has 0 saturated carbocycles. The Morgan fingerprint density at radius 2 is 2.08 bits per heavy atom. The highest BCUT2D eigenvalue weighted by molar-refractivity contribution is 6.04. The number of amides is 1. The molecule has 1 aliphatic rings. The first-order valence-electron chi connectivity index (χ1n) is 7.58. The van der Waals surface area contributed by atoms with Crippen LogP contribution in [0, 0.1) is 0 Å². The molecule has 0 aliphatic carbocycles. The molecule has 3 rings (SSSR count). The van der Waals surface area contributed by atoms with Crippen LogP contribution in [-0.4, -0.2) is 30.2 Å². The Balaban J connectivity index is 0.00000208. The van der Waals surface area contributed by atoms with E-state index >= 15 is 0 Å². The zero-order chi connectivity index (χ0) is 16.1. The lowest BCUT2D eigenvalue weighted by Gasteiger charge is -2.11. The van der Waals surface area contributed by atoms with Crippen molar-refractivity contribution in [2.75, 3.05) is 24.3 Å². The van der Waals surface area contributed by atoms with Crippen molar-refractivity contribution < 1.29 is 14.3 Å². The normalized spacial score (nSPS) is 16.2. The van der Waals surface area contributed by atoms with E-state index in [2.05, 4.69) is 10.3 Å². The Morgan fingerprint density at radius 1 is 1.29 bits per heavy atom. The number of hydrogen-bond acceptors (Lipinski definition) is 5. The number of hydrogen-bond donors (Lipinski definition) is 2. The average Bonchev–Trinajstić information content (AvgIpc) is 3.09. The van der Waals surface area contributed by atoms with Gasteiger partial charge in [-0.3, -0.25) is 4.79 Å². The quantitative estimate of drug-likeness (QED) is 0.866. The number of benzene rings is 1. The summed E-state index contributed by atoms with van der Waals surface area (Å²) < 4.78 is 11.2. The van der Waals surface area contributed by atoms with Gasteiger partial charge in [0, 0.05) is 12.2 Å². The van der Waals surface area contributed by atoms with E-state index in [1.807, 2.05) is 0 Å². The molecular formula is C17H20ClN3O3. The van der Waals surface area contributed by atoms with Crippen LogP contribution in [-0.2, 0) is 4.74 Å². The fraction of sp³-hybridized carbons (Fsp3) is 0.294. The lowest BCUT2D eigenvalue weighted by atomic mass is 10.2. The maximum absolute atomic E-state index is 12.1. The molecule has 1 aliphatic heterocycles. The molecular weight excluding hydrogens is 330 g/mol. The van der Waals surface area contributed by atoms with Gasteiger partial charge in [-0.2, -0.15) is 0 Å². The van der Waals surface area contributed by atoms with E-state index in [4.69, 9.17) is 15.2 Å². The topological polar surface area (TPSA) is 86.5 Å². The Hall–Kier alpha value is -2.31. The first kappa shape index (κ1) is 18.0. The number of carbonyl (C=O) groups excluding carboxylic acids is 1. The maximum atomic E-state index is 12.1. The van der Waals surface area contributed by atoms with Crippen molar-refractivity contribution in [3.8, 4) is 5.75 Å². The lowest BCUT2D eigenvalue weighted by Crippen LogP contribution is -2.16. The Bertz CT molecular complexity index is 656. The zero-order valence-corrected chi connectivity index (χ0v) is 13.9. The smallest absolute Gasteiger partial charge is 0.255 e. The Morgan fingerprint density at radius 3 is 2.71 bits per heavy atom. The second-order valence-corrected chi connectivity index (χ2v) is 5.40. The van der Waals surface area contributed by atoms with Crippen LogP contribution < -0.4 is 15.8 Å². The number of nitrogen functional groups attached to an aromatic ring is 1. The molecule has 1 amide bonds. The number of ether oxygens (including phenoxy) is 2. The van der Waals surface area contributed by atoms with Gasteiger partial charge in [0.2, 0.25) is 0 Å². The Labute approximate surface area is 146 Å². The van der Waals surface area contributed by atoms with Gasteiger partial charge >= 0.3 is 0 Å². The second kappa shape index (κ2) is 8.52. The van der Waals surface area contributed by atoms with Crippen molar-refractivity contribution in [2.45, 2.75) is 18.9 Å². The van der Waals surface area contributed by atoms with Gasteiger partial charge in [0.15, 0.2) is 0 Å². The summed E-state index contributed by atoms with van der Waals surface area (Å²) in [7, 11) is 0. The molecule has 1 atom stereocenters. The molecule has 6 nitrogen and oxygen atoms in total. The maximum Gasteiger partial charge on any atom is 0.255 e. The fourth-order valence-electron chi connectivity index (χ4n) is 2.35. The molecule has 1 aromatic carbocycles. The Kier molecular flexibility index (Phi) is 6.40. The number of anilines is 2. The predicted molar refractivity (Wildman–Crippen MR) is 94.8 cm³/mol. The SMILES string of the molecule is Cl.Nc1ccc(NC(=O)c2ccc(OCC3CCCO3)cc2)cn1. The summed E-state index contributed by atoms with van der Waals surface area (Å²) in [5.41, 5.74) is 6.66. The minimum absolute atomic E-state index is 0. The summed E-state index contributed by atoms with van der Waals surface area (Å²) in [6, 6.07) is 10.4. The van der Waals surface area contributed by atoms with Crippen LogP contribution in [0.1, 0.15) is 23.2 Å². The van der Waals surface area contributed by atoms with Crippen LogP contribution in [0.15, 0.2) is 42.6 Å². The number of nitrogens with one attached hydrogen (secondary N) is 1. The summed E-state index contributed by atoms with van der Waals surface area (Å²) in [6.45, 7) is 1.36. The van der Waals surface area contributed by atoms with E-state index in [0.717, 1.165) is 25.2 Å². The van der Waals surface area contributed by atoms with Crippen molar-refractivity contribution in [1.82, 2.24) is 4.98 Å². The van der Waals surface area contributed by atoms with Gasteiger partial charge in [-0.25, -0.2) is 4.98 Å². The van der Waals surface area contributed by atoms with Crippen molar-refractivity contribution >= 4 is 29.8 Å². The lowest BCUT2D eigenvalue weighted by molar-refractivity contribution is 0.0679. The van der Waals surface area contributed by atoms with Crippen LogP contribution in [0.5, 0.6) is 5.75 Å². The molecule has 128 valence electrons. The number of nitrogens with two attached hydrogens (primary N) is 1. The molecule has 1 unspecified atom stereocenters. The van der Waals surface area contributed by atoms with Gasteiger partial charge in [-0.05, 0) is 49.2 Å². The molecule has 2 aromatic rings. The summed E-state index contributed by atoms with van der Waals surface area (Å²) in [5, 5.41) is 2.76. The minimum Gasteiger partial charge on any atom is -0.491 e. The predicted octanol–water partition coefficient (Wildman–Crippen LogP) is 2.90. The summed E-state index contributed by atoms with van der Waals surface area (Å²) in [4.78, 5) is 16.1. The van der Waals surface area contributed by atoms with Gasteiger partial charge in [0.1, 0.15) is 18.2 Å². The first-order chi connectivity index (χ1) is 11.2. The molecule has 2 heterocycles. The van der Waals surface area contributed by atoms with E-state index in [-0.39, 0.29) is 24.4 Å². The number of rotatable bonds is 5. The highest BCUT2D eigenvalue weighted by Crippen LogP contribution is 2.17. The summed E-state index contributed by atoms with van der Waals surface area (Å²) >= 11 is 0. The van der Waals surface area contributed by atoms with Crippen molar-refractivity contribution in [3.05, 3.63) is 48.2 Å². The third kappa shape index (κ3) is 4.84. The fourth-order valence-corrected chi connectivity index (χ4v) is 2.35. The highest BCUT2D eigenvalue weighted by atomic mass is 35.5. The number of carbonyl (C=O) groups is 1. The van der Waals surface area contributed by atoms with E-state index in [1.165, 1.54) is 6.20 Å². The van der Waals surface area contributed by atoms with Gasteiger partial charge in [0.05, 0.1) is 18.0 Å². The third-order valence-electron chi connectivity index (χ3n) is 3.62. The van der Waals surface area contributed by atoms with Gasteiger partial charge in [0.25, 0.3) is 5.91 Å². The zero-order valence-electron chi connectivity index (χ0n) is 13.1. The highest BCUT2D eigenvalue weighted by Gasteiger charge is 2.16. The van der Waals surface area contributed by atoms with Crippen LogP contribution in [0.25, 0.3) is 0 Å². The molecule has 1 aromatic heterocycles. The standard InChI is InChI=1S/C17H19N3O3.ClH/c18-16-8-5-13(10-19-16)20-17(21)12-3-6-14(7-4-12)23-11-15-2-1-9-22-15;/h3-8,10,15H,1-2,9,11H2,(H2,18,19)(H,20,21);1H. The molecule has 7 heteroatoms. The number of halogens is 1. The van der Waals surface area contributed by atoms with Crippen molar-refractivity contribution in [3.63, 3.8) is 0 Å². The molecule has 24 heavy (non-hydrogen) atoms. The van der Waals surface area contributed by atoms with E-state index in [0.29, 0.717) is 23.7 Å². The molecule has 0 spiro atoms. The number of nitrogens with zero attached hydrogens (tertiary/aromatic N) is 1. The van der Waals surface area contributed by atoms with E-state index in [9.17, 15) is 4.79 Å². The molecule has 0 bridgehead atoms. The monoisotopic (exact) mass is 349 g/mol. The van der Waals surface area contributed by atoms with Crippen LogP contribution >= 0.6 is 12.4 Å². The van der Waals surface area contributed by atoms with Crippen molar-refractivity contribution in [2.24, 2.45) is 0 Å². The van der Waals surface area contributed by atoms with Gasteiger partial charge in [-0.15, -0.1) is 12.4 Å². The summed E-state index contributed by atoms with van der Waals surface area (Å²) in [6.07, 6.45) is 3.83. The molecule has 0 radical (unpaired) electrons.